The highest BCUT2D eigenvalue weighted by molar-refractivity contribution is 5.76. The topological polar surface area (TPSA) is 58.4 Å². The average molecular weight is 275 g/mol. The molecule has 1 aliphatic carbocycles. The van der Waals surface area contributed by atoms with Crippen molar-refractivity contribution in [2.75, 3.05) is 25.0 Å². The second-order valence-electron chi connectivity index (χ2n) is 5.67. The SMILES string of the molecule is CN(CCCNC(=O)CC(N)C1CC1)c1ccccc1. The molecule has 3 N–H and O–H groups in total. The van der Waals surface area contributed by atoms with Crippen LogP contribution in [0.25, 0.3) is 0 Å². The molecular weight excluding hydrogens is 250 g/mol. The third-order valence-electron chi connectivity index (χ3n) is 3.84. The molecule has 1 amide bonds. The minimum absolute atomic E-state index is 0.0574. The van der Waals surface area contributed by atoms with Crippen molar-refractivity contribution >= 4 is 11.6 Å². The Morgan fingerprint density at radius 2 is 2.10 bits per heavy atom. The molecule has 0 heterocycles. The Kier molecular flexibility index (Phi) is 5.41. The molecular formula is C16H25N3O. The van der Waals surface area contributed by atoms with E-state index in [2.05, 4.69) is 29.4 Å². The molecule has 1 aliphatic rings. The van der Waals surface area contributed by atoms with Crippen LogP contribution in [0, 0.1) is 5.92 Å². The van der Waals surface area contributed by atoms with Crippen molar-refractivity contribution in [2.24, 2.45) is 11.7 Å². The number of amides is 1. The van der Waals surface area contributed by atoms with Gasteiger partial charge in [0.05, 0.1) is 0 Å². The number of benzene rings is 1. The van der Waals surface area contributed by atoms with Crippen LogP contribution in [0.3, 0.4) is 0 Å². The number of rotatable bonds is 8. The van der Waals surface area contributed by atoms with Crippen molar-refractivity contribution in [3.05, 3.63) is 30.3 Å². The molecule has 0 bridgehead atoms. The van der Waals surface area contributed by atoms with Crippen molar-refractivity contribution < 1.29 is 4.79 Å². The number of carbonyl (C=O) groups excluding carboxylic acids is 1. The normalized spacial score (nSPS) is 15.7. The smallest absolute Gasteiger partial charge is 0.221 e. The predicted molar refractivity (Wildman–Crippen MR) is 82.7 cm³/mol. The van der Waals surface area contributed by atoms with E-state index in [0.29, 0.717) is 18.9 Å². The molecule has 4 heteroatoms. The number of nitrogens with one attached hydrogen (secondary N) is 1. The van der Waals surface area contributed by atoms with Crippen LogP contribution >= 0.6 is 0 Å². The fourth-order valence-electron chi connectivity index (χ4n) is 2.33. The van der Waals surface area contributed by atoms with E-state index in [1.54, 1.807) is 0 Å². The highest BCUT2D eigenvalue weighted by Crippen LogP contribution is 2.32. The third-order valence-corrected chi connectivity index (χ3v) is 3.84. The number of para-hydroxylation sites is 1. The highest BCUT2D eigenvalue weighted by Gasteiger charge is 2.29. The van der Waals surface area contributed by atoms with Gasteiger partial charge in [-0.3, -0.25) is 4.79 Å². The zero-order chi connectivity index (χ0) is 14.4. The van der Waals surface area contributed by atoms with Gasteiger partial charge in [0.1, 0.15) is 0 Å². The molecule has 1 atom stereocenters. The largest absolute Gasteiger partial charge is 0.375 e. The fraction of sp³-hybridized carbons (Fsp3) is 0.562. The zero-order valence-corrected chi connectivity index (χ0v) is 12.2. The maximum absolute atomic E-state index is 11.7. The molecule has 1 aromatic rings. The maximum Gasteiger partial charge on any atom is 0.221 e. The summed E-state index contributed by atoms with van der Waals surface area (Å²) in [5.74, 6) is 0.678. The molecule has 2 rings (SSSR count). The quantitative estimate of drug-likeness (QED) is 0.711. The lowest BCUT2D eigenvalue weighted by molar-refractivity contribution is -0.121. The molecule has 0 spiro atoms. The van der Waals surface area contributed by atoms with Gasteiger partial charge in [0.2, 0.25) is 5.91 Å². The molecule has 110 valence electrons. The Morgan fingerprint density at radius 3 is 2.75 bits per heavy atom. The van der Waals surface area contributed by atoms with Gasteiger partial charge in [-0.15, -0.1) is 0 Å². The van der Waals surface area contributed by atoms with Crippen LogP contribution in [0.2, 0.25) is 0 Å². The van der Waals surface area contributed by atoms with E-state index >= 15 is 0 Å². The van der Waals surface area contributed by atoms with Crippen LogP contribution in [0.5, 0.6) is 0 Å². The van der Waals surface area contributed by atoms with Crippen LogP contribution < -0.4 is 16.0 Å². The summed E-state index contributed by atoms with van der Waals surface area (Å²) in [6, 6.07) is 10.3. The van der Waals surface area contributed by atoms with Crippen LogP contribution in [0.1, 0.15) is 25.7 Å². The molecule has 0 saturated heterocycles. The molecule has 1 aromatic carbocycles. The standard InChI is InChI=1S/C16H25N3O/c1-19(14-6-3-2-4-7-14)11-5-10-18-16(20)12-15(17)13-8-9-13/h2-4,6-7,13,15H,5,8-12,17H2,1H3,(H,18,20). The van der Waals surface area contributed by atoms with Crippen molar-refractivity contribution in [1.29, 1.82) is 0 Å². The fourth-order valence-corrected chi connectivity index (χ4v) is 2.33. The lowest BCUT2D eigenvalue weighted by Crippen LogP contribution is -2.34. The summed E-state index contributed by atoms with van der Waals surface area (Å²) in [5, 5.41) is 2.96. The summed E-state index contributed by atoms with van der Waals surface area (Å²) < 4.78 is 0. The second kappa shape index (κ2) is 7.29. The molecule has 4 nitrogen and oxygen atoms in total. The summed E-state index contributed by atoms with van der Waals surface area (Å²) in [6.45, 7) is 1.65. The third kappa shape index (κ3) is 4.85. The Bertz CT molecular complexity index is 417. The van der Waals surface area contributed by atoms with E-state index < -0.39 is 0 Å². The van der Waals surface area contributed by atoms with E-state index in [9.17, 15) is 4.79 Å². The first-order valence-corrected chi connectivity index (χ1v) is 7.45. The Balaban J connectivity index is 1.57. The van der Waals surface area contributed by atoms with E-state index in [1.165, 1.54) is 18.5 Å². The number of nitrogens with zero attached hydrogens (tertiary/aromatic N) is 1. The summed E-state index contributed by atoms with van der Waals surface area (Å²) in [5.41, 5.74) is 7.14. The number of anilines is 1. The monoisotopic (exact) mass is 275 g/mol. The van der Waals surface area contributed by atoms with Gasteiger partial charge in [-0.2, -0.15) is 0 Å². The molecule has 0 radical (unpaired) electrons. The first kappa shape index (κ1) is 14.9. The number of nitrogens with two attached hydrogens (primary N) is 1. The summed E-state index contributed by atoms with van der Waals surface area (Å²) >= 11 is 0. The molecule has 0 aromatic heterocycles. The van der Waals surface area contributed by atoms with Crippen LogP contribution in [-0.2, 0) is 4.79 Å². The van der Waals surface area contributed by atoms with Gasteiger partial charge in [-0.1, -0.05) is 18.2 Å². The number of hydrogen-bond acceptors (Lipinski definition) is 3. The van der Waals surface area contributed by atoms with Crippen LogP contribution in [0.4, 0.5) is 5.69 Å². The minimum atomic E-state index is 0.0574. The van der Waals surface area contributed by atoms with Gasteiger partial charge < -0.3 is 16.0 Å². The van der Waals surface area contributed by atoms with Gasteiger partial charge in [-0.25, -0.2) is 0 Å². The van der Waals surface area contributed by atoms with Gasteiger partial charge in [0.25, 0.3) is 0 Å². The van der Waals surface area contributed by atoms with Gasteiger partial charge in [0, 0.05) is 38.3 Å². The number of carbonyl (C=O) groups is 1. The molecule has 1 unspecified atom stereocenters. The first-order chi connectivity index (χ1) is 9.66. The lowest BCUT2D eigenvalue weighted by Gasteiger charge is -2.19. The predicted octanol–water partition coefficient (Wildman–Crippen LogP) is 1.76. The first-order valence-electron chi connectivity index (χ1n) is 7.45. The van der Waals surface area contributed by atoms with Gasteiger partial charge in [-0.05, 0) is 37.3 Å². The van der Waals surface area contributed by atoms with E-state index in [4.69, 9.17) is 5.73 Å². The summed E-state index contributed by atoms with van der Waals surface area (Å²) in [4.78, 5) is 13.9. The average Bonchev–Trinajstić information content (AvgIpc) is 3.29. The highest BCUT2D eigenvalue weighted by atomic mass is 16.1. The lowest BCUT2D eigenvalue weighted by atomic mass is 10.1. The Labute approximate surface area is 121 Å². The summed E-state index contributed by atoms with van der Waals surface area (Å²) in [6.07, 6.45) is 3.79. The van der Waals surface area contributed by atoms with E-state index in [0.717, 1.165) is 13.0 Å². The van der Waals surface area contributed by atoms with Crippen molar-refractivity contribution in [3.8, 4) is 0 Å². The number of hydrogen-bond donors (Lipinski definition) is 2. The van der Waals surface area contributed by atoms with Gasteiger partial charge in [0.15, 0.2) is 0 Å². The van der Waals surface area contributed by atoms with Crippen LogP contribution in [-0.4, -0.2) is 32.1 Å². The Hall–Kier alpha value is -1.55. The van der Waals surface area contributed by atoms with Crippen molar-refractivity contribution in [3.63, 3.8) is 0 Å². The molecule has 20 heavy (non-hydrogen) atoms. The van der Waals surface area contributed by atoms with Crippen LogP contribution in [0.15, 0.2) is 30.3 Å². The van der Waals surface area contributed by atoms with Gasteiger partial charge >= 0.3 is 0 Å². The zero-order valence-electron chi connectivity index (χ0n) is 12.2. The Morgan fingerprint density at radius 1 is 1.40 bits per heavy atom. The molecule has 1 saturated carbocycles. The van der Waals surface area contributed by atoms with Crippen molar-refractivity contribution in [2.45, 2.75) is 31.7 Å². The maximum atomic E-state index is 11.7. The van der Waals surface area contributed by atoms with E-state index in [1.807, 2.05) is 18.2 Å². The molecule has 0 aliphatic heterocycles. The second-order valence-corrected chi connectivity index (χ2v) is 5.67. The van der Waals surface area contributed by atoms with Crippen molar-refractivity contribution in [1.82, 2.24) is 5.32 Å². The minimum Gasteiger partial charge on any atom is -0.375 e. The molecule has 1 fully saturated rings. The van der Waals surface area contributed by atoms with E-state index in [-0.39, 0.29) is 11.9 Å². The summed E-state index contributed by atoms with van der Waals surface area (Å²) in [7, 11) is 2.07.